The molecule has 0 radical (unpaired) electrons. The van der Waals surface area contributed by atoms with Crippen LogP contribution in [-0.4, -0.2) is 40.4 Å². The van der Waals surface area contributed by atoms with Crippen molar-refractivity contribution in [2.75, 3.05) is 0 Å². The van der Waals surface area contributed by atoms with E-state index in [9.17, 15) is 9.59 Å². The summed E-state index contributed by atoms with van der Waals surface area (Å²) >= 11 is 0. The topological polar surface area (TPSA) is 98.7 Å². The maximum Gasteiger partial charge on any atom is 0.328 e. The van der Waals surface area contributed by atoms with E-state index < -0.39 is 24.1 Å². The van der Waals surface area contributed by atoms with E-state index in [0.717, 1.165) is 6.42 Å². The van der Waals surface area contributed by atoms with Crippen LogP contribution in [0.3, 0.4) is 0 Å². The molecule has 4 N–H and O–H groups in total. The Bertz CT molecular complexity index is 267. The number of nitrogens with one attached hydrogen (secondary N) is 2. The van der Waals surface area contributed by atoms with Crippen molar-refractivity contribution in [2.45, 2.75) is 38.5 Å². The highest BCUT2D eigenvalue weighted by Crippen LogP contribution is 2.28. The molecule has 0 aromatic heterocycles. The summed E-state index contributed by atoms with van der Waals surface area (Å²) < 4.78 is 0. The van der Waals surface area contributed by atoms with Crippen molar-refractivity contribution in [1.82, 2.24) is 10.6 Å². The highest BCUT2D eigenvalue weighted by atomic mass is 16.4. The molecule has 0 heterocycles. The molecule has 1 aliphatic carbocycles. The molecule has 6 nitrogen and oxygen atoms in total. The lowest BCUT2D eigenvalue weighted by Gasteiger charge is -2.17. The molecule has 0 aromatic carbocycles. The zero-order valence-electron chi connectivity index (χ0n) is 8.73. The number of carbonyl (C=O) groups excluding carboxylic acids is 1. The van der Waals surface area contributed by atoms with Gasteiger partial charge >= 0.3 is 12.0 Å². The van der Waals surface area contributed by atoms with Crippen molar-refractivity contribution in [3.8, 4) is 0 Å². The number of carbonyl (C=O) groups is 2. The number of aliphatic hydroxyl groups is 1. The number of hydrogen-bond acceptors (Lipinski definition) is 3. The van der Waals surface area contributed by atoms with E-state index in [-0.39, 0.29) is 6.04 Å². The van der Waals surface area contributed by atoms with Crippen LogP contribution in [0.15, 0.2) is 0 Å². The molecule has 4 atom stereocenters. The van der Waals surface area contributed by atoms with Gasteiger partial charge in [-0.1, -0.05) is 6.92 Å². The van der Waals surface area contributed by atoms with Crippen LogP contribution in [0.5, 0.6) is 0 Å². The summed E-state index contributed by atoms with van der Waals surface area (Å²) in [6.07, 6.45) is -0.204. The maximum atomic E-state index is 11.3. The highest BCUT2D eigenvalue weighted by molar-refractivity contribution is 5.83. The van der Waals surface area contributed by atoms with Crippen LogP contribution in [0, 0.1) is 5.92 Å². The van der Waals surface area contributed by atoms with Crippen molar-refractivity contribution < 1.29 is 19.8 Å². The zero-order chi connectivity index (χ0) is 11.6. The Labute approximate surface area is 87.7 Å². The molecule has 6 heteroatoms. The first-order chi connectivity index (χ1) is 6.91. The third-order valence-electron chi connectivity index (χ3n) is 2.46. The molecular formula is C9H16N2O4. The lowest BCUT2D eigenvalue weighted by atomic mass is 10.2. The van der Waals surface area contributed by atoms with E-state index in [4.69, 9.17) is 10.2 Å². The molecule has 86 valence electrons. The van der Waals surface area contributed by atoms with Crippen LogP contribution in [0.2, 0.25) is 0 Å². The van der Waals surface area contributed by atoms with Crippen molar-refractivity contribution in [3.05, 3.63) is 0 Å². The van der Waals surface area contributed by atoms with Gasteiger partial charge in [0.1, 0.15) is 0 Å². The van der Waals surface area contributed by atoms with E-state index in [1.165, 1.54) is 6.92 Å². The fourth-order valence-electron chi connectivity index (χ4n) is 1.26. The van der Waals surface area contributed by atoms with Crippen molar-refractivity contribution in [3.63, 3.8) is 0 Å². The van der Waals surface area contributed by atoms with Crippen LogP contribution < -0.4 is 10.6 Å². The summed E-state index contributed by atoms with van der Waals surface area (Å²) in [5.41, 5.74) is 0. The average Bonchev–Trinajstić information content (AvgIpc) is 2.76. The molecule has 2 unspecified atom stereocenters. The quantitative estimate of drug-likeness (QED) is 0.510. The van der Waals surface area contributed by atoms with E-state index in [0.29, 0.717) is 5.92 Å². The molecule has 1 aliphatic rings. The minimum Gasteiger partial charge on any atom is -0.480 e. The molecule has 1 rings (SSSR count). The predicted molar refractivity (Wildman–Crippen MR) is 52.3 cm³/mol. The molecule has 0 aromatic rings. The smallest absolute Gasteiger partial charge is 0.328 e. The summed E-state index contributed by atoms with van der Waals surface area (Å²) in [7, 11) is 0. The van der Waals surface area contributed by atoms with E-state index >= 15 is 0 Å². The van der Waals surface area contributed by atoms with Gasteiger partial charge in [-0.2, -0.15) is 0 Å². The lowest BCUT2D eigenvalue weighted by Crippen LogP contribution is -2.51. The number of amides is 2. The molecule has 0 aliphatic heterocycles. The summed E-state index contributed by atoms with van der Waals surface area (Å²) in [6.45, 7) is 3.31. The Morgan fingerprint density at radius 2 is 2.00 bits per heavy atom. The minimum absolute atomic E-state index is 0.133. The second-order valence-corrected chi connectivity index (χ2v) is 3.99. The van der Waals surface area contributed by atoms with Gasteiger partial charge in [0.15, 0.2) is 6.04 Å². The molecule has 0 spiro atoms. The van der Waals surface area contributed by atoms with Crippen molar-refractivity contribution >= 4 is 12.0 Å². The number of hydrogen-bond donors (Lipinski definition) is 4. The second-order valence-electron chi connectivity index (χ2n) is 3.99. The van der Waals surface area contributed by atoms with E-state index in [1.54, 1.807) is 0 Å². The fraction of sp³-hybridized carbons (Fsp3) is 0.778. The molecule has 1 saturated carbocycles. The molecular weight excluding hydrogens is 200 g/mol. The Balaban J connectivity index is 2.37. The van der Waals surface area contributed by atoms with Gasteiger partial charge in [0.25, 0.3) is 0 Å². The first-order valence-electron chi connectivity index (χ1n) is 4.89. The van der Waals surface area contributed by atoms with Gasteiger partial charge in [0.05, 0.1) is 6.10 Å². The molecule has 1 fully saturated rings. The van der Waals surface area contributed by atoms with E-state index in [1.807, 2.05) is 6.92 Å². The van der Waals surface area contributed by atoms with Gasteiger partial charge in [-0.25, -0.2) is 9.59 Å². The SMILES string of the molecule is CC1CC1NC(=O)N[C@H](C(=O)O)[C@@H](C)O. The van der Waals surface area contributed by atoms with Crippen LogP contribution in [-0.2, 0) is 4.79 Å². The van der Waals surface area contributed by atoms with Gasteiger partial charge < -0.3 is 20.8 Å². The second kappa shape index (κ2) is 4.48. The number of carboxylic acid groups (broad SMARTS) is 1. The van der Waals surface area contributed by atoms with E-state index in [2.05, 4.69) is 10.6 Å². The Morgan fingerprint density at radius 1 is 1.47 bits per heavy atom. The lowest BCUT2D eigenvalue weighted by molar-refractivity contribution is -0.141. The average molecular weight is 216 g/mol. The van der Waals surface area contributed by atoms with Crippen LogP contribution in [0.4, 0.5) is 4.79 Å². The third-order valence-corrected chi connectivity index (χ3v) is 2.46. The number of aliphatic hydroxyl groups excluding tert-OH is 1. The van der Waals surface area contributed by atoms with Crippen LogP contribution >= 0.6 is 0 Å². The maximum absolute atomic E-state index is 11.3. The molecule has 15 heavy (non-hydrogen) atoms. The van der Waals surface area contributed by atoms with Gasteiger partial charge in [-0.05, 0) is 19.3 Å². The molecule has 0 bridgehead atoms. The summed E-state index contributed by atoms with van der Waals surface area (Å²) in [6, 6.07) is -1.68. The van der Waals surface area contributed by atoms with Crippen LogP contribution in [0.25, 0.3) is 0 Å². The zero-order valence-corrected chi connectivity index (χ0v) is 8.73. The third kappa shape index (κ3) is 3.39. The van der Waals surface area contributed by atoms with Gasteiger partial charge in [-0.3, -0.25) is 0 Å². The molecule has 0 saturated heterocycles. The fourth-order valence-corrected chi connectivity index (χ4v) is 1.26. The monoisotopic (exact) mass is 216 g/mol. The van der Waals surface area contributed by atoms with Crippen molar-refractivity contribution in [2.24, 2.45) is 5.92 Å². The number of rotatable bonds is 4. The van der Waals surface area contributed by atoms with Gasteiger partial charge in [-0.15, -0.1) is 0 Å². The predicted octanol–water partition coefficient (Wildman–Crippen LogP) is -0.472. The highest BCUT2D eigenvalue weighted by Gasteiger charge is 2.35. The van der Waals surface area contributed by atoms with Gasteiger partial charge in [0.2, 0.25) is 0 Å². The Hall–Kier alpha value is -1.30. The molecule has 2 amide bonds. The standard InChI is InChI=1S/C9H16N2O4/c1-4-3-6(4)10-9(15)11-7(5(2)12)8(13)14/h4-7,12H,3H2,1-2H3,(H,13,14)(H2,10,11,15)/t4?,5-,6?,7+/m1/s1. The Morgan fingerprint density at radius 3 is 2.33 bits per heavy atom. The number of carboxylic acids is 1. The summed E-state index contributed by atoms with van der Waals surface area (Å²) in [5.74, 6) is -0.797. The number of urea groups is 1. The largest absolute Gasteiger partial charge is 0.480 e. The first kappa shape index (κ1) is 11.8. The summed E-state index contributed by atoms with van der Waals surface area (Å²) in [5, 5.41) is 22.6. The normalized spacial score (nSPS) is 27.7. The van der Waals surface area contributed by atoms with Gasteiger partial charge in [0, 0.05) is 6.04 Å². The number of aliphatic carboxylic acids is 1. The first-order valence-corrected chi connectivity index (χ1v) is 4.89. The van der Waals surface area contributed by atoms with Crippen molar-refractivity contribution in [1.29, 1.82) is 0 Å². The minimum atomic E-state index is -1.26. The van der Waals surface area contributed by atoms with Crippen LogP contribution in [0.1, 0.15) is 20.3 Å². The summed E-state index contributed by atoms with van der Waals surface area (Å²) in [4.78, 5) is 21.9. The Kier molecular flexibility index (Phi) is 3.52.